The van der Waals surface area contributed by atoms with Crippen molar-refractivity contribution < 1.29 is 22.8 Å². The Morgan fingerprint density at radius 2 is 1.37 bits per heavy atom. The minimum absolute atomic E-state index is 0.0602. The van der Waals surface area contributed by atoms with Crippen molar-refractivity contribution in [3.05, 3.63) is 72.1 Å². The number of hydrogen-bond acceptors (Lipinski definition) is 10. The fourth-order valence-corrected chi connectivity index (χ4v) is 3.80. The summed E-state index contributed by atoms with van der Waals surface area (Å²) in [6.45, 7) is 0.912. The number of amides is 2. The van der Waals surface area contributed by atoms with Crippen molar-refractivity contribution >= 4 is 69.3 Å². The molecule has 208 valence electrons. The molecule has 0 bridgehead atoms. The van der Waals surface area contributed by atoms with Crippen LogP contribution in [0.3, 0.4) is 0 Å². The Bertz CT molecular complexity index is 1790. The molecular formula is C28H25FN8O4. The highest BCUT2D eigenvalue weighted by Crippen LogP contribution is 2.28. The molecule has 13 heteroatoms. The summed E-state index contributed by atoms with van der Waals surface area (Å²) in [4.78, 5) is 40.4. The zero-order valence-electron chi connectivity index (χ0n) is 22.1. The number of hydrogen-bond donors (Lipinski definition) is 4. The molecule has 0 aliphatic carbocycles. The second-order valence-electron chi connectivity index (χ2n) is 8.72. The maximum Gasteiger partial charge on any atom is 0.312 e. The number of carbonyl (C=O) groups excluding carboxylic acids is 2. The number of halogens is 1. The zero-order chi connectivity index (χ0) is 28.8. The van der Waals surface area contributed by atoms with Crippen LogP contribution in [0.4, 0.5) is 27.5 Å². The van der Waals surface area contributed by atoms with Crippen LogP contribution in [0, 0.1) is 5.82 Å². The second kappa shape index (κ2) is 12.3. The normalized spacial score (nSPS) is 11.7. The van der Waals surface area contributed by atoms with Crippen LogP contribution in [0.1, 0.15) is 21.1 Å². The van der Waals surface area contributed by atoms with Gasteiger partial charge in [0.1, 0.15) is 11.2 Å². The van der Waals surface area contributed by atoms with E-state index in [0.29, 0.717) is 46.4 Å². The Kier molecular flexibility index (Phi) is 8.18. The summed E-state index contributed by atoms with van der Waals surface area (Å²) < 4.78 is 25.8. The number of fused-ring (bicyclic) bond motifs is 2. The van der Waals surface area contributed by atoms with Crippen LogP contribution in [-0.4, -0.2) is 61.4 Å². The van der Waals surface area contributed by atoms with Gasteiger partial charge in [-0.1, -0.05) is 0 Å². The van der Waals surface area contributed by atoms with Crippen LogP contribution in [-0.2, 0) is 0 Å². The van der Waals surface area contributed by atoms with E-state index in [4.69, 9.17) is 8.83 Å². The first-order chi connectivity index (χ1) is 19.9. The monoisotopic (exact) mass is 556 g/mol. The Morgan fingerprint density at radius 1 is 0.829 bits per heavy atom. The maximum atomic E-state index is 14.6. The maximum absolute atomic E-state index is 14.6. The minimum atomic E-state index is -0.662. The molecule has 0 saturated heterocycles. The van der Waals surface area contributed by atoms with Crippen LogP contribution in [0.2, 0.25) is 0 Å². The molecule has 0 aliphatic heterocycles. The first kappa shape index (κ1) is 27.3. The average molecular weight is 557 g/mol. The summed E-state index contributed by atoms with van der Waals surface area (Å²) in [5, 5.41) is 13.0. The largest absolute Gasteiger partial charge is 0.451 e. The van der Waals surface area contributed by atoms with Gasteiger partial charge in [-0.3, -0.25) is 9.59 Å². The second-order valence-corrected chi connectivity index (χ2v) is 8.72. The first-order valence-corrected chi connectivity index (χ1v) is 12.5. The highest BCUT2D eigenvalue weighted by molar-refractivity contribution is 6.01. The number of aliphatic imine (C=N–C) groups is 2. The Hall–Kier alpha value is -5.27. The van der Waals surface area contributed by atoms with E-state index in [-0.39, 0.29) is 23.3 Å². The van der Waals surface area contributed by atoms with Crippen molar-refractivity contribution in [2.75, 3.05) is 37.8 Å². The SMILES string of the molecule is CNCC=NC(=O)c1cc2cc(Nc3ncc(F)c(Nc4ccc5oc(C(=O)N=CCNC)cc5c4)n3)ccc2o1. The Balaban J connectivity index is 1.31. The molecule has 0 fully saturated rings. The standard InChI is InChI=1S/C28H25FN8O4/c1-30-7-9-32-26(38)23-13-16-11-18(3-5-21(16)40-23)35-25-20(29)15-34-28(37-25)36-19-4-6-22-17(12-19)14-24(41-22)27(39)33-10-8-31-2/h3-6,9-15,30-31H,7-8H2,1-2H3,(H2,34,35,36,37). The lowest BCUT2D eigenvalue weighted by molar-refractivity contribution is 0.0971. The van der Waals surface area contributed by atoms with Crippen LogP contribution in [0.5, 0.6) is 0 Å². The van der Waals surface area contributed by atoms with E-state index in [1.807, 2.05) is 0 Å². The number of carbonyl (C=O) groups is 2. The van der Waals surface area contributed by atoms with Crippen LogP contribution in [0.25, 0.3) is 21.9 Å². The summed E-state index contributed by atoms with van der Waals surface area (Å²) in [7, 11) is 3.50. The van der Waals surface area contributed by atoms with Gasteiger partial charge in [0.2, 0.25) is 5.95 Å². The summed E-state index contributed by atoms with van der Waals surface area (Å²) >= 11 is 0. The van der Waals surface area contributed by atoms with E-state index in [0.717, 1.165) is 6.20 Å². The molecule has 0 aliphatic rings. The van der Waals surface area contributed by atoms with Gasteiger partial charge >= 0.3 is 11.8 Å². The molecule has 0 atom stereocenters. The molecule has 0 unspecified atom stereocenters. The van der Waals surface area contributed by atoms with Crippen molar-refractivity contribution in [2.45, 2.75) is 0 Å². The number of furan rings is 2. The van der Waals surface area contributed by atoms with Crippen LogP contribution < -0.4 is 21.3 Å². The highest BCUT2D eigenvalue weighted by atomic mass is 19.1. The van der Waals surface area contributed by atoms with Gasteiger partial charge in [-0.25, -0.2) is 19.4 Å². The van der Waals surface area contributed by atoms with Gasteiger partial charge in [0.15, 0.2) is 23.2 Å². The fourth-order valence-electron chi connectivity index (χ4n) is 3.80. The molecule has 4 N–H and O–H groups in total. The summed E-state index contributed by atoms with van der Waals surface area (Å²) in [6.07, 6.45) is 3.97. The number of anilines is 4. The molecule has 2 aromatic carbocycles. The molecule has 2 amide bonds. The minimum Gasteiger partial charge on any atom is -0.451 e. The topological polar surface area (TPSA) is 159 Å². The first-order valence-electron chi connectivity index (χ1n) is 12.5. The molecular weight excluding hydrogens is 531 g/mol. The van der Waals surface area contributed by atoms with Gasteiger partial charge in [-0.15, -0.1) is 0 Å². The lowest BCUT2D eigenvalue weighted by atomic mass is 10.2. The third-order valence-corrected chi connectivity index (χ3v) is 5.73. The number of rotatable bonds is 10. The lowest BCUT2D eigenvalue weighted by Gasteiger charge is -2.09. The number of nitrogens with zero attached hydrogens (tertiary/aromatic N) is 4. The van der Waals surface area contributed by atoms with Gasteiger partial charge in [0.05, 0.1) is 6.20 Å². The molecule has 3 heterocycles. The van der Waals surface area contributed by atoms with Gasteiger partial charge in [-0.2, -0.15) is 4.98 Å². The third kappa shape index (κ3) is 6.49. The highest BCUT2D eigenvalue weighted by Gasteiger charge is 2.14. The number of aromatic nitrogens is 2. The van der Waals surface area contributed by atoms with E-state index in [1.165, 1.54) is 12.4 Å². The lowest BCUT2D eigenvalue weighted by Crippen LogP contribution is -2.09. The zero-order valence-corrected chi connectivity index (χ0v) is 22.1. The quantitative estimate of drug-likeness (QED) is 0.181. The predicted molar refractivity (Wildman–Crippen MR) is 154 cm³/mol. The summed E-state index contributed by atoms with van der Waals surface area (Å²) in [5.41, 5.74) is 2.11. The van der Waals surface area contributed by atoms with E-state index in [1.54, 1.807) is 62.6 Å². The Morgan fingerprint density at radius 3 is 1.90 bits per heavy atom. The molecule has 5 rings (SSSR count). The molecule has 5 aromatic rings. The van der Waals surface area contributed by atoms with Crippen molar-refractivity contribution in [1.29, 1.82) is 0 Å². The summed E-state index contributed by atoms with van der Waals surface area (Å²) in [6, 6.07) is 13.4. The molecule has 3 aromatic heterocycles. The van der Waals surface area contributed by atoms with E-state index in [2.05, 4.69) is 41.2 Å². The van der Waals surface area contributed by atoms with E-state index >= 15 is 0 Å². The molecule has 0 spiro atoms. The predicted octanol–water partition coefficient (Wildman–Crippen LogP) is 4.46. The van der Waals surface area contributed by atoms with Crippen molar-refractivity contribution in [3.8, 4) is 0 Å². The van der Waals surface area contributed by atoms with Crippen molar-refractivity contribution in [3.63, 3.8) is 0 Å². The Labute approximate surface area is 232 Å². The van der Waals surface area contributed by atoms with Crippen molar-refractivity contribution in [1.82, 2.24) is 20.6 Å². The average Bonchev–Trinajstić information content (AvgIpc) is 3.59. The van der Waals surface area contributed by atoms with Gasteiger partial charge in [-0.05, 0) is 62.6 Å². The van der Waals surface area contributed by atoms with Crippen LogP contribution >= 0.6 is 0 Å². The molecule has 0 radical (unpaired) electrons. The third-order valence-electron chi connectivity index (χ3n) is 5.73. The van der Waals surface area contributed by atoms with Gasteiger partial charge in [0, 0.05) is 47.7 Å². The van der Waals surface area contributed by atoms with Gasteiger partial charge < -0.3 is 30.1 Å². The molecule has 12 nitrogen and oxygen atoms in total. The molecule has 41 heavy (non-hydrogen) atoms. The summed E-state index contributed by atoms with van der Waals surface area (Å²) in [5.74, 6) is -1.37. The smallest absolute Gasteiger partial charge is 0.312 e. The molecule has 0 saturated carbocycles. The fraction of sp³-hybridized carbons (Fsp3) is 0.143. The van der Waals surface area contributed by atoms with Crippen molar-refractivity contribution in [2.24, 2.45) is 9.98 Å². The number of nitrogens with one attached hydrogen (secondary N) is 4. The van der Waals surface area contributed by atoms with Crippen LogP contribution in [0.15, 0.2) is 73.5 Å². The van der Waals surface area contributed by atoms with E-state index < -0.39 is 17.6 Å². The van der Waals surface area contributed by atoms with Gasteiger partial charge in [0.25, 0.3) is 0 Å². The number of benzene rings is 2. The van der Waals surface area contributed by atoms with E-state index in [9.17, 15) is 14.0 Å².